The first kappa shape index (κ1) is 16.6. The van der Waals surface area contributed by atoms with Crippen LogP contribution in [-0.4, -0.2) is 16.1 Å². The Morgan fingerprint density at radius 3 is 2.68 bits per heavy atom. The predicted octanol–water partition coefficient (Wildman–Crippen LogP) is 4.23. The van der Waals surface area contributed by atoms with Crippen molar-refractivity contribution in [2.45, 2.75) is 46.1 Å². The van der Waals surface area contributed by atoms with Gasteiger partial charge in [0.2, 0.25) is 0 Å². The van der Waals surface area contributed by atoms with E-state index >= 15 is 0 Å². The first-order valence-electron chi connectivity index (χ1n) is 7.52. The molecule has 0 bridgehead atoms. The molecule has 1 N–H and O–H groups in total. The van der Waals surface area contributed by atoms with Crippen LogP contribution in [-0.2, 0) is 12.8 Å². The van der Waals surface area contributed by atoms with E-state index in [9.17, 15) is 0 Å². The number of aryl methyl sites for hydroxylation is 2. The number of anilines is 2. The normalized spacial score (nSPS) is 12.7. The molecule has 0 spiro atoms. The van der Waals surface area contributed by atoms with Crippen molar-refractivity contribution in [2.75, 3.05) is 5.32 Å². The molecular weight excluding hydrogens is 298 g/mol. The van der Waals surface area contributed by atoms with Crippen molar-refractivity contribution in [3.8, 4) is 5.75 Å². The van der Waals surface area contributed by atoms with Gasteiger partial charge in [-0.25, -0.2) is 9.97 Å². The average molecular weight is 320 g/mol. The molecule has 0 fully saturated rings. The molecule has 0 radical (unpaired) electrons. The van der Waals surface area contributed by atoms with Crippen LogP contribution in [0.4, 0.5) is 11.5 Å². The second-order valence-corrected chi connectivity index (χ2v) is 5.69. The molecule has 1 heterocycles. The number of nitrogens with zero attached hydrogens (tertiary/aromatic N) is 2. The number of rotatable bonds is 4. The smallest absolute Gasteiger partial charge is 0.143 e. The van der Waals surface area contributed by atoms with E-state index in [4.69, 9.17) is 4.74 Å². The van der Waals surface area contributed by atoms with E-state index in [2.05, 4.69) is 15.3 Å². The summed E-state index contributed by atoms with van der Waals surface area (Å²) in [6, 6.07) is 8.00. The number of benzene rings is 1. The van der Waals surface area contributed by atoms with Gasteiger partial charge in [0.15, 0.2) is 0 Å². The zero-order valence-electron chi connectivity index (χ0n) is 13.2. The van der Waals surface area contributed by atoms with Crippen LogP contribution in [0.1, 0.15) is 37.4 Å². The molecule has 0 saturated carbocycles. The fourth-order valence-corrected chi connectivity index (χ4v) is 2.71. The van der Waals surface area contributed by atoms with Crippen molar-refractivity contribution in [3.05, 3.63) is 41.3 Å². The summed E-state index contributed by atoms with van der Waals surface area (Å²) in [5.41, 5.74) is 3.39. The van der Waals surface area contributed by atoms with Gasteiger partial charge in [-0.1, -0.05) is 12.1 Å². The summed E-state index contributed by atoms with van der Waals surface area (Å²) in [5.74, 6) is 2.60. The van der Waals surface area contributed by atoms with Gasteiger partial charge in [-0.3, -0.25) is 0 Å². The minimum atomic E-state index is 0. The molecule has 3 rings (SSSR count). The Kier molecular flexibility index (Phi) is 5.24. The summed E-state index contributed by atoms with van der Waals surface area (Å²) in [5, 5.41) is 3.44. The van der Waals surface area contributed by atoms with E-state index in [1.807, 2.05) is 45.0 Å². The van der Waals surface area contributed by atoms with Crippen molar-refractivity contribution in [2.24, 2.45) is 0 Å². The largest absolute Gasteiger partial charge is 0.489 e. The van der Waals surface area contributed by atoms with Gasteiger partial charge >= 0.3 is 0 Å². The van der Waals surface area contributed by atoms with Crippen LogP contribution >= 0.6 is 12.4 Å². The number of hydrogen-bond donors (Lipinski definition) is 1. The maximum atomic E-state index is 5.86. The predicted molar refractivity (Wildman–Crippen MR) is 91.5 cm³/mol. The molecule has 1 aromatic carbocycles. The molecule has 1 aromatic heterocycles. The quantitative estimate of drug-likeness (QED) is 0.916. The van der Waals surface area contributed by atoms with Crippen molar-refractivity contribution in [1.29, 1.82) is 0 Å². The summed E-state index contributed by atoms with van der Waals surface area (Å²) >= 11 is 0. The highest BCUT2D eigenvalue weighted by Gasteiger charge is 2.19. The monoisotopic (exact) mass is 319 g/mol. The number of nitrogens with one attached hydrogen (secondary N) is 1. The van der Waals surface area contributed by atoms with Gasteiger partial charge in [-0.05, 0) is 52.2 Å². The number of ether oxygens (including phenoxy) is 1. The zero-order valence-corrected chi connectivity index (χ0v) is 14.0. The van der Waals surface area contributed by atoms with Gasteiger partial charge in [0.1, 0.15) is 17.4 Å². The molecule has 22 heavy (non-hydrogen) atoms. The SMILES string of the molecule is Cc1nc2c(c(Nc3ccccc3OC(C)C)n1)CCC2.Cl. The molecule has 1 aliphatic carbocycles. The number of fused-ring (bicyclic) bond motifs is 1. The van der Waals surface area contributed by atoms with E-state index in [0.29, 0.717) is 0 Å². The molecule has 5 heteroatoms. The van der Waals surface area contributed by atoms with E-state index in [-0.39, 0.29) is 18.5 Å². The van der Waals surface area contributed by atoms with Gasteiger partial charge in [0.05, 0.1) is 11.8 Å². The van der Waals surface area contributed by atoms with Gasteiger partial charge in [-0.2, -0.15) is 0 Å². The van der Waals surface area contributed by atoms with Crippen molar-refractivity contribution >= 4 is 23.9 Å². The molecule has 4 nitrogen and oxygen atoms in total. The van der Waals surface area contributed by atoms with E-state index < -0.39 is 0 Å². The third-order valence-corrected chi connectivity index (χ3v) is 3.55. The highest BCUT2D eigenvalue weighted by atomic mass is 35.5. The Balaban J connectivity index is 0.00000176. The van der Waals surface area contributed by atoms with Crippen LogP contribution < -0.4 is 10.1 Å². The Morgan fingerprint density at radius 1 is 1.14 bits per heavy atom. The van der Waals surface area contributed by atoms with E-state index in [0.717, 1.165) is 42.3 Å². The summed E-state index contributed by atoms with van der Waals surface area (Å²) in [7, 11) is 0. The molecule has 0 saturated heterocycles. The van der Waals surface area contributed by atoms with Crippen LogP contribution in [0.2, 0.25) is 0 Å². The lowest BCUT2D eigenvalue weighted by molar-refractivity contribution is 0.244. The third-order valence-electron chi connectivity index (χ3n) is 3.55. The highest BCUT2D eigenvalue weighted by Crippen LogP contribution is 2.32. The maximum Gasteiger partial charge on any atom is 0.143 e. The second kappa shape index (κ2) is 6.97. The van der Waals surface area contributed by atoms with Crippen molar-refractivity contribution in [3.63, 3.8) is 0 Å². The zero-order chi connectivity index (χ0) is 14.8. The summed E-state index contributed by atoms with van der Waals surface area (Å²) in [4.78, 5) is 9.13. The Labute approximate surface area is 137 Å². The lowest BCUT2D eigenvalue weighted by Crippen LogP contribution is -2.09. The minimum absolute atomic E-state index is 0. The molecule has 0 unspecified atom stereocenters. The fourth-order valence-electron chi connectivity index (χ4n) is 2.71. The number of para-hydroxylation sites is 2. The average Bonchev–Trinajstić information content (AvgIpc) is 2.88. The van der Waals surface area contributed by atoms with Gasteiger partial charge in [0, 0.05) is 11.3 Å². The van der Waals surface area contributed by atoms with Crippen molar-refractivity contribution in [1.82, 2.24) is 9.97 Å². The van der Waals surface area contributed by atoms with Gasteiger partial charge in [0.25, 0.3) is 0 Å². The second-order valence-electron chi connectivity index (χ2n) is 5.69. The number of aromatic nitrogens is 2. The minimum Gasteiger partial charge on any atom is -0.489 e. The fraction of sp³-hybridized carbons (Fsp3) is 0.412. The Bertz CT molecular complexity index is 658. The van der Waals surface area contributed by atoms with Crippen LogP contribution in [0, 0.1) is 6.92 Å². The molecule has 0 amide bonds. The molecule has 0 aliphatic heterocycles. The molecule has 1 aliphatic rings. The van der Waals surface area contributed by atoms with Crippen LogP contribution in [0.3, 0.4) is 0 Å². The third kappa shape index (κ3) is 3.50. The van der Waals surface area contributed by atoms with Crippen LogP contribution in [0.15, 0.2) is 24.3 Å². The van der Waals surface area contributed by atoms with E-state index in [1.165, 1.54) is 11.3 Å². The topological polar surface area (TPSA) is 47.0 Å². The molecular formula is C17H22ClN3O. The van der Waals surface area contributed by atoms with Crippen LogP contribution in [0.5, 0.6) is 5.75 Å². The van der Waals surface area contributed by atoms with Gasteiger partial charge in [-0.15, -0.1) is 12.4 Å². The Hall–Kier alpha value is -1.81. The summed E-state index contributed by atoms with van der Waals surface area (Å²) in [6.45, 7) is 6.01. The van der Waals surface area contributed by atoms with E-state index in [1.54, 1.807) is 0 Å². The first-order chi connectivity index (χ1) is 10.1. The first-order valence-corrected chi connectivity index (χ1v) is 7.52. The maximum absolute atomic E-state index is 5.86. The van der Waals surface area contributed by atoms with Crippen LogP contribution in [0.25, 0.3) is 0 Å². The summed E-state index contributed by atoms with van der Waals surface area (Å²) in [6.07, 6.45) is 3.40. The van der Waals surface area contributed by atoms with Crippen molar-refractivity contribution < 1.29 is 4.74 Å². The number of hydrogen-bond acceptors (Lipinski definition) is 4. The standard InChI is InChI=1S/C17H21N3O.ClH/c1-11(2)21-16-10-5-4-8-15(16)20-17-13-7-6-9-14(13)18-12(3)19-17;/h4-5,8,10-11H,6-7,9H2,1-3H3,(H,18,19,20);1H. The molecule has 118 valence electrons. The lowest BCUT2D eigenvalue weighted by Gasteiger charge is -2.16. The molecule has 0 atom stereocenters. The van der Waals surface area contributed by atoms with Gasteiger partial charge < -0.3 is 10.1 Å². The summed E-state index contributed by atoms with van der Waals surface area (Å²) < 4.78 is 5.86. The highest BCUT2D eigenvalue weighted by molar-refractivity contribution is 5.85. The lowest BCUT2D eigenvalue weighted by atomic mass is 10.2. The molecule has 2 aromatic rings. The number of halogens is 1. The Morgan fingerprint density at radius 2 is 1.91 bits per heavy atom.